The summed E-state index contributed by atoms with van der Waals surface area (Å²) < 4.78 is 20.4. The fourth-order valence-corrected chi connectivity index (χ4v) is 1.73. The van der Waals surface area contributed by atoms with E-state index < -0.39 is 0 Å². The summed E-state index contributed by atoms with van der Waals surface area (Å²) in [6, 6.07) is 4.98. The number of methoxy groups -OCH3 is 1. The van der Waals surface area contributed by atoms with Crippen LogP contribution in [0.3, 0.4) is 0 Å². The molecule has 0 spiro atoms. The number of alkyl halides is 1. The average molecular weight is 256 g/mol. The molecule has 2 rings (SSSR count). The molecule has 0 unspecified atom stereocenters. The quantitative estimate of drug-likeness (QED) is 0.787. The summed E-state index contributed by atoms with van der Waals surface area (Å²) in [5.74, 6) is 0.681. The first-order chi connectivity index (χ1) is 8.26. The molecule has 0 N–H and O–H groups in total. The topological polar surface area (TPSA) is 39.9 Å². The van der Waals surface area contributed by atoms with E-state index in [1.54, 1.807) is 22.9 Å². The molecule has 0 saturated carbocycles. The summed E-state index contributed by atoms with van der Waals surface area (Å²) in [7, 11) is 1.43. The summed E-state index contributed by atoms with van der Waals surface area (Å²) in [5, 5.41) is 3.99. The van der Waals surface area contributed by atoms with E-state index in [0.29, 0.717) is 11.4 Å². The number of hydrogen-bond acceptors (Lipinski definition) is 3. The molecule has 0 aliphatic heterocycles. The molecule has 1 aromatic heterocycles. The number of nitrogens with zero attached hydrogens (tertiary/aromatic N) is 3. The smallest absolute Gasteiger partial charge is 0.170 e. The van der Waals surface area contributed by atoms with Gasteiger partial charge in [-0.2, -0.15) is 5.10 Å². The summed E-state index contributed by atoms with van der Waals surface area (Å²) >= 11 is 5.70. The molecule has 17 heavy (non-hydrogen) atoms. The summed E-state index contributed by atoms with van der Waals surface area (Å²) in [6.07, 6.45) is 1.40. The molecule has 0 fully saturated rings. The second-order valence-electron chi connectivity index (χ2n) is 3.40. The molecule has 6 heteroatoms. The SMILES string of the molecule is COc1cccc(Cn2ncnc2CCl)c1F. The van der Waals surface area contributed by atoms with Gasteiger partial charge in [0.15, 0.2) is 11.6 Å². The molecule has 0 atom stereocenters. The first-order valence-corrected chi connectivity index (χ1v) is 5.53. The maximum absolute atomic E-state index is 13.9. The zero-order valence-electron chi connectivity index (χ0n) is 9.23. The van der Waals surface area contributed by atoms with Crippen LogP contribution in [0.5, 0.6) is 5.75 Å². The van der Waals surface area contributed by atoms with Gasteiger partial charge in [-0.3, -0.25) is 0 Å². The normalized spacial score (nSPS) is 10.5. The zero-order valence-corrected chi connectivity index (χ0v) is 9.99. The molecule has 0 aliphatic rings. The number of aromatic nitrogens is 3. The standard InChI is InChI=1S/C11H11ClFN3O/c1-17-9-4-2-3-8(11(9)13)6-16-10(5-12)14-7-15-16/h2-4,7H,5-6H2,1H3. The van der Waals surface area contributed by atoms with E-state index in [1.165, 1.54) is 13.4 Å². The van der Waals surface area contributed by atoms with E-state index in [-0.39, 0.29) is 24.0 Å². The Morgan fingerprint density at radius 3 is 3.00 bits per heavy atom. The summed E-state index contributed by atoms with van der Waals surface area (Å²) in [5.41, 5.74) is 0.487. The molecule has 90 valence electrons. The Morgan fingerprint density at radius 1 is 1.47 bits per heavy atom. The van der Waals surface area contributed by atoms with Crippen LogP contribution in [0.15, 0.2) is 24.5 Å². The predicted molar refractivity (Wildman–Crippen MR) is 61.6 cm³/mol. The number of rotatable bonds is 4. The largest absolute Gasteiger partial charge is 0.494 e. The lowest BCUT2D eigenvalue weighted by atomic mass is 10.2. The summed E-state index contributed by atoms with van der Waals surface area (Å²) in [6.45, 7) is 0.283. The molecule has 0 aliphatic carbocycles. The van der Waals surface area contributed by atoms with Crippen LogP contribution < -0.4 is 4.74 Å². The van der Waals surface area contributed by atoms with Crippen molar-refractivity contribution in [3.05, 3.63) is 41.7 Å². The maximum atomic E-state index is 13.9. The van der Waals surface area contributed by atoms with E-state index in [2.05, 4.69) is 10.1 Å². The van der Waals surface area contributed by atoms with Crippen LogP contribution >= 0.6 is 11.6 Å². The Hall–Kier alpha value is -1.62. The highest BCUT2D eigenvalue weighted by atomic mass is 35.5. The van der Waals surface area contributed by atoms with E-state index in [1.807, 2.05) is 0 Å². The van der Waals surface area contributed by atoms with Crippen molar-refractivity contribution in [2.45, 2.75) is 12.4 Å². The Bertz CT molecular complexity index is 515. The van der Waals surface area contributed by atoms with E-state index in [4.69, 9.17) is 16.3 Å². The van der Waals surface area contributed by atoms with Crippen molar-refractivity contribution in [3.8, 4) is 5.75 Å². The number of halogens is 2. The van der Waals surface area contributed by atoms with Crippen LogP contribution in [0.4, 0.5) is 4.39 Å². The van der Waals surface area contributed by atoms with Gasteiger partial charge in [0.25, 0.3) is 0 Å². The molecule has 1 aromatic carbocycles. The third kappa shape index (κ3) is 2.39. The van der Waals surface area contributed by atoms with Gasteiger partial charge >= 0.3 is 0 Å². The minimum Gasteiger partial charge on any atom is -0.494 e. The Labute approximate surface area is 103 Å². The Morgan fingerprint density at radius 2 is 2.29 bits per heavy atom. The maximum Gasteiger partial charge on any atom is 0.170 e. The number of hydrogen-bond donors (Lipinski definition) is 0. The van der Waals surface area contributed by atoms with Gasteiger partial charge < -0.3 is 4.74 Å². The van der Waals surface area contributed by atoms with Crippen molar-refractivity contribution in [1.82, 2.24) is 14.8 Å². The lowest BCUT2D eigenvalue weighted by Crippen LogP contribution is -2.07. The first kappa shape index (κ1) is 11.9. The van der Waals surface area contributed by atoms with E-state index >= 15 is 0 Å². The van der Waals surface area contributed by atoms with Crippen molar-refractivity contribution in [2.24, 2.45) is 0 Å². The van der Waals surface area contributed by atoms with Crippen molar-refractivity contribution >= 4 is 11.6 Å². The Balaban J connectivity index is 2.30. The highest BCUT2D eigenvalue weighted by Gasteiger charge is 2.11. The lowest BCUT2D eigenvalue weighted by molar-refractivity contribution is 0.383. The predicted octanol–water partition coefficient (Wildman–Crippen LogP) is 2.21. The number of benzene rings is 1. The zero-order chi connectivity index (χ0) is 12.3. The molecule has 0 radical (unpaired) electrons. The van der Waals surface area contributed by atoms with Crippen molar-refractivity contribution in [1.29, 1.82) is 0 Å². The van der Waals surface area contributed by atoms with Gasteiger partial charge in [-0.1, -0.05) is 12.1 Å². The fourth-order valence-electron chi connectivity index (χ4n) is 1.52. The molecule has 4 nitrogen and oxygen atoms in total. The van der Waals surface area contributed by atoms with Gasteiger partial charge in [0, 0.05) is 5.56 Å². The van der Waals surface area contributed by atoms with Crippen LogP contribution in [0.1, 0.15) is 11.4 Å². The van der Waals surface area contributed by atoms with E-state index in [0.717, 1.165) is 0 Å². The Kier molecular flexibility index (Phi) is 3.58. The van der Waals surface area contributed by atoms with Crippen LogP contribution in [-0.2, 0) is 12.4 Å². The van der Waals surface area contributed by atoms with E-state index in [9.17, 15) is 4.39 Å². The first-order valence-electron chi connectivity index (χ1n) is 5.00. The molecule has 0 saturated heterocycles. The average Bonchev–Trinajstić information content (AvgIpc) is 2.79. The second kappa shape index (κ2) is 5.14. The molecule has 1 heterocycles. The fraction of sp³-hybridized carbons (Fsp3) is 0.273. The van der Waals surface area contributed by atoms with Gasteiger partial charge in [-0.15, -0.1) is 11.6 Å². The third-order valence-corrected chi connectivity index (χ3v) is 2.64. The van der Waals surface area contributed by atoms with Crippen LogP contribution in [0.25, 0.3) is 0 Å². The minimum absolute atomic E-state index is 0.218. The van der Waals surface area contributed by atoms with Crippen molar-refractivity contribution < 1.29 is 9.13 Å². The molecular formula is C11H11ClFN3O. The van der Waals surface area contributed by atoms with Crippen LogP contribution in [0, 0.1) is 5.82 Å². The van der Waals surface area contributed by atoms with Gasteiger partial charge in [0.05, 0.1) is 19.5 Å². The minimum atomic E-state index is -0.383. The van der Waals surface area contributed by atoms with Gasteiger partial charge in [-0.05, 0) is 6.07 Å². The highest BCUT2D eigenvalue weighted by Crippen LogP contribution is 2.20. The monoisotopic (exact) mass is 255 g/mol. The van der Waals surface area contributed by atoms with Gasteiger partial charge in [0.1, 0.15) is 12.2 Å². The van der Waals surface area contributed by atoms with Crippen LogP contribution in [0.2, 0.25) is 0 Å². The van der Waals surface area contributed by atoms with Crippen LogP contribution in [-0.4, -0.2) is 21.9 Å². The van der Waals surface area contributed by atoms with Crippen molar-refractivity contribution in [3.63, 3.8) is 0 Å². The third-order valence-electron chi connectivity index (χ3n) is 2.40. The van der Waals surface area contributed by atoms with Gasteiger partial charge in [0.2, 0.25) is 0 Å². The lowest BCUT2D eigenvalue weighted by Gasteiger charge is -2.08. The van der Waals surface area contributed by atoms with Crippen molar-refractivity contribution in [2.75, 3.05) is 7.11 Å². The molecule has 0 bridgehead atoms. The summed E-state index contributed by atoms with van der Waals surface area (Å²) in [4.78, 5) is 3.97. The molecule has 0 amide bonds. The second-order valence-corrected chi connectivity index (χ2v) is 3.67. The highest BCUT2D eigenvalue weighted by molar-refractivity contribution is 6.16. The molecule has 2 aromatic rings. The molecular weight excluding hydrogens is 245 g/mol. The van der Waals surface area contributed by atoms with Gasteiger partial charge in [-0.25, -0.2) is 14.1 Å². The number of ether oxygens (including phenoxy) is 1.